The van der Waals surface area contributed by atoms with Gasteiger partial charge >= 0.3 is 0 Å². The SMILES string of the molecule is Cc1ccc(NC(=O)/C(C#N)=C/c2cc(Cl)c(OCC(C)C)c(Cl)c2)c(C)c1. The van der Waals surface area contributed by atoms with E-state index in [1.54, 1.807) is 12.1 Å². The number of anilines is 1. The van der Waals surface area contributed by atoms with Crippen LogP contribution in [0.15, 0.2) is 35.9 Å². The second-order valence-corrected chi connectivity index (χ2v) is 7.78. The molecule has 0 atom stereocenters. The fraction of sp³-hybridized carbons (Fsp3) is 0.273. The lowest BCUT2D eigenvalue weighted by molar-refractivity contribution is -0.112. The van der Waals surface area contributed by atoms with Crippen LogP contribution >= 0.6 is 23.2 Å². The third-order valence-corrected chi connectivity index (χ3v) is 4.45. The van der Waals surface area contributed by atoms with E-state index in [0.717, 1.165) is 11.1 Å². The molecule has 0 bridgehead atoms. The zero-order chi connectivity index (χ0) is 20.8. The number of nitriles is 1. The average Bonchev–Trinajstić information content (AvgIpc) is 2.61. The Morgan fingerprint density at radius 3 is 2.39 bits per heavy atom. The minimum absolute atomic E-state index is 0.0528. The average molecular weight is 417 g/mol. The fourth-order valence-electron chi connectivity index (χ4n) is 2.51. The van der Waals surface area contributed by atoms with Crippen molar-refractivity contribution >= 4 is 40.9 Å². The van der Waals surface area contributed by atoms with E-state index in [2.05, 4.69) is 5.32 Å². The van der Waals surface area contributed by atoms with Crippen molar-refractivity contribution in [2.45, 2.75) is 27.7 Å². The van der Waals surface area contributed by atoms with Crippen molar-refractivity contribution < 1.29 is 9.53 Å². The van der Waals surface area contributed by atoms with Gasteiger partial charge in [0.15, 0.2) is 5.75 Å². The molecule has 1 N–H and O–H groups in total. The van der Waals surface area contributed by atoms with Gasteiger partial charge in [-0.05, 0) is 55.2 Å². The Hall–Kier alpha value is -2.48. The third kappa shape index (κ3) is 5.76. The van der Waals surface area contributed by atoms with E-state index >= 15 is 0 Å². The number of hydrogen-bond donors (Lipinski definition) is 1. The van der Waals surface area contributed by atoms with Gasteiger partial charge in [0.25, 0.3) is 5.91 Å². The number of ether oxygens (including phenoxy) is 1. The normalized spacial score (nSPS) is 11.3. The summed E-state index contributed by atoms with van der Waals surface area (Å²) in [6.07, 6.45) is 1.45. The van der Waals surface area contributed by atoms with Gasteiger partial charge in [0, 0.05) is 5.69 Å². The monoisotopic (exact) mass is 416 g/mol. The molecule has 0 fully saturated rings. The van der Waals surface area contributed by atoms with Crippen molar-refractivity contribution in [1.82, 2.24) is 0 Å². The Labute approximate surface area is 175 Å². The van der Waals surface area contributed by atoms with Crippen molar-refractivity contribution in [3.63, 3.8) is 0 Å². The summed E-state index contributed by atoms with van der Waals surface area (Å²) in [6.45, 7) is 8.39. The maximum absolute atomic E-state index is 12.5. The van der Waals surface area contributed by atoms with Crippen molar-refractivity contribution in [2.24, 2.45) is 5.92 Å². The summed E-state index contributed by atoms with van der Waals surface area (Å²) in [7, 11) is 0. The molecule has 0 saturated heterocycles. The first-order chi connectivity index (χ1) is 13.2. The van der Waals surface area contributed by atoms with Crippen molar-refractivity contribution in [1.29, 1.82) is 5.26 Å². The number of nitrogens with one attached hydrogen (secondary N) is 1. The number of rotatable bonds is 6. The first kappa shape index (κ1) is 21.8. The predicted octanol–water partition coefficient (Wildman–Crippen LogP) is 6.19. The number of aryl methyl sites for hydroxylation is 2. The van der Waals surface area contributed by atoms with Crippen LogP contribution in [-0.2, 0) is 4.79 Å². The second-order valence-electron chi connectivity index (χ2n) is 6.96. The minimum atomic E-state index is -0.498. The number of halogens is 2. The van der Waals surface area contributed by atoms with E-state index in [0.29, 0.717) is 39.6 Å². The summed E-state index contributed by atoms with van der Waals surface area (Å²) in [4.78, 5) is 12.5. The quantitative estimate of drug-likeness (QED) is 0.450. The fourth-order valence-corrected chi connectivity index (χ4v) is 3.12. The summed E-state index contributed by atoms with van der Waals surface area (Å²) in [5, 5.41) is 12.8. The maximum atomic E-state index is 12.5. The van der Waals surface area contributed by atoms with Crippen LogP contribution in [0, 0.1) is 31.1 Å². The molecule has 6 heteroatoms. The highest BCUT2D eigenvalue weighted by Crippen LogP contribution is 2.35. The molecule has 28 heavy (non-hydrogen) atoms. The van der Waals surface area contributed by atoms with Crippen LogP contribution in [0.1, 0.15) is 30.5 Å². The van der Waals surface area contributed by atoms with E-state index in [-0.39, 0.29) is 5.57 Å². The molecule has 0 aromatic heterocycles. The molecule has 0 radical (unpaired) electrons. The molecule has 2 aromatic carbocycles. The van der Waals surface area contributed by atoms with E-state index in [1.165, 1.54) is 6.08 Å². The molecule has 1 amide bonds. The molecular weight excluding hydrogens is 395 g/mol. The smallest absolute Gasteiger partial charge is 0.266 e. The topological polar surface area (TPSA) is 62.1 Å². The Morgan fingerprint density at radius 1 is 1.21 bits per heavy atom. The van der Waals surface area contributed by atoms with Crippen LogP contribution < -0.4 is 10.1 Å². The highest BCUT2D eigenvalue weighted by Gasteiger charge is 2.14. The molecule has 146 valence electrons. The highest BCUT2D eigenvalue weighted by molar-refractivity contribution is 6.37. The number of amides is 1. The zero-order valence-electron chi connectivity index (χ0n) is 16.3. The van der Waals surface area contributed by atoms with Crippen molar-refractivity contribution in [3.8, 4) is 11.8 Å². The van der Waals surface area contributed by atoms with Crippen LogP contribution in [0.3, 0.4) is 0 Å². The summed E-state index contributed by atoms with van der Waals surface area (Å²) in [5.74, 6) is 0.222. The molecule has 0 spiro atoms. The lowest BCUT2D eigenvalue weighted by Crippen LogP contribution is -2.14. The Bertz CT molecular complexity index is 936. The Kier molecular flexibility index (Phi) is 7.51. The van der Waals surface area contributed by atoms with Gasteiger partial charge in [0.05, 0.1) is 16.7 Å². The lowest BCUT2D eigenvalue weighted by atomic mass is 10.1. The van der Waals surface area contributed by atoms with Gasteiger partial charge in [-0.15, -0.1) is 0 Å². The van der Waals surface area contributed by atoms with Gasteiger partial charge in [-0.2, -0.15) is 5.26 Å². The number of benzene rings is 2. The molecule has 0 heterocycles. The highest BCUT2D eigenvalue weighted by atomic mass is 35.5. The second kappa shape index (κ2) is 9.64. The molecule has 0 unspecified atom stereocenters. The predicted molar refractivity (Wildman–Crippen MR) is 115 cm³/mol. The Morgan fingerprint density at radius 2 is 1.86 bits per heavy atom. The van der Waals surface area contributed by atoms with Crippen molar-refractivity contribution in [3.05, 3.63) is 62.6 Å². The minimum Gasteiger partial charge on any atom is -0.490 e. The van der Waals surface area contributed by atoms with Gasteiger partial charge in [0.2, 0.25) is 0 Å². The van der Waals surface area contributed by atoms with Crippen molar-refractivity contribution in [2.75, 3.05) is 11.9 Å². The van der Waals surface area contributed by atoms with Crippen LogP contribution in [-0.4, -0.2) is 12.5 Å². The molecule has 2 aromatic rings. The molecule has 0 aliphatic heterocycles. The van der Waals surface area contributed by atoms with Crippen LogP contribution in [0.2, 0.25) is 10.0 Å². The number of nitrogens with zero attached hydrogens (tertiary/aromatic N) is 1. The van der Waals surface area contributed by atoms with Crippen LogP contribution in [0.5, 0.6) is 5.75 Å². The van der Waals surface area contributed by atoms with Gasteiger partial charge in [-0.3, -0.25) is 4.79 Å². The van der Waals surface area contributed by atoms with E-state index in [4.69, 9.17) is 27.9 Å². The first-order valence-electron chi connectivity index (χ1n) is 8.83. The number of carbonyl (C=O) groups is 1. The molecule has 0 aliphatic rings. The molecule has 2 rings (SSSR count). The van der Waals surface area contributed by atoms with Gasteiger partial charge in [-0.25, -0.2) is 0 Å². The number of carbonyl (C=O) groups excluding carboxylic acids is 1. The van der Waals surface area contributed by atoms with Crippen LogP contribution in [0.4, 0.5) is 5.69 Å². The number of hydrogen-bond acceptors (Lipinski definition) is 3. The lowest BCUT2D eigenvalue weighted by Gasteiger charge is -2.13. The van der Waals surface area contributed by atoms with Gasteiger partial charge < -0.3 is 10.1 Å². The van der Waals surface area contributed by atoms with Crippen LogP contribution in [0.25, 0.3) is 6.08 Å². The standard InChI is InChI=1S/C22H22Cl2N2O2/c1-13(2)12-28-21-18(23)9-16(10-19(21)24)8-17(11-25)22(27)26-20-6-5-14(3)7-15(20)4/h5-10,13H,12H2,1-4H3,(H,26,27)/b17-8+. The van der Waals surface area contributed by atoms with E-state index < -0.39 is 5.91 Å². The first-order valence-corrected chi connectivity index (χ1v) is 9.59. The third-order valence-electron chi connectivity index (χ3n) is 3.89. The van der Waals surface area contributed by atoms with Gasteiger partial charge in [-0.1, -0.05) is 54.7 Å². The summed E-state index contributed by atoms with van der Waals surface area (Å²) in [5.41, 5.74) is 3.16. The molecule has 4 nitrogen and oxygen atoms in total. The summed E-state index contributed by atoms with van der Waals surface area (Å²) in [6, 6.07) is 10.8. The summed E-state index contributed by atoms with van der Waals surface area (Å²) >= 11 is 12.5. The molecule has 0 aliphatic carbocycles. The van der Waals surface area contributed by atoms with Gasteiger partial charge in [0.1, 0.15) is 11.6 Å². The molecular formula is C22H22Cl2N2O2. The zero-order valence-corrected chi connectivity index (χ0v) is 17.8. The van der Waals surface area contributed by atoms with E-state index in [9.17, 15) is 10.1 Å². The molecule has 0 saturated carbocycles. The summed E-state index contributed by atoms with van der Waals surface area (Å²) < 4.78 is 5.64. The van der Waals surface area contributed by atoms with E-state index in [1.807, 2.05) is 52.0 Å². The Balaban J connectivity index is 2.26. The maximum Gasteiger partial charge on any atom is 0.266 e. The largest absolute Gasteiger partial charge is 0.490 e.